The maximum atomic E-state index is 11.6. The molecule has 0 rings (SSSR count). The summed E-state index contributed by atoms with van der Waals surface area (Å²) < 4.78 is 0. The molecule has 130 valence electrons. The van der Waals surface area contributed by atoms with Crippen LogP contribution >= 0.6 is 0 Å². The van der Waals surface area contributed by atoms with Crippen LogP contribution in [-0.4, -0.2) is 59.1 Å². The molecular formula is C12H21N5O6. The molecule has 0 aliphatic carbocycles. The van der Waals surface area contributed by atoms with Crippen molar-refractivity contribution in [2.45, 2.75) is 31.7 Å². The molecule has 1 unspecified atom stereocenters. The molecule has 23 heavy (non-hydrogen) atoms. The predicted molar refractivity (Wildman–Crippen MR) is 79.4 cm³/mol. The summed E-state index contributed by atoms with van der Waals surface area (Å²) in [4.78, 5) is 48.1. The van der Waals surface area contributed by atoms with Crippen molar-refractivity contribution in [2.75, 3.05) is 13.1 Å². The number of carboxylic acid groups (broad SMARTS) is 2. The zero-order valence-electron chi connectivity index (χ0n) is 12.4. The van der Waals surface area contributed by atoms with E-state index in [-0.39, 0.29) is 31.9 Å². The van der Waals surface area contributed by atoms with Crippen LogP contribution in [0.25, 0.3) is 0 Å². The SMILES string of the molecule is NC(N)=NCCCC(=O)NC(CC(=O)NCCC(=O)O)C(=O)O. The van der Waals surface area contributed by atoms with Crippen molar-refractivity contribution < 1.29 is 29.4 Å². The van der Waals surface area contributed by atoms with E-state index in [0.717, 1.165) is 0 Å². The van der Waals surface area contributed by atoms with Crippen LogP contribution in [0.5, 0.6) is 0 Å². The zero-order chi connectivity index (χ0) is 17.8. The van der Waals surface area contributed by atoms with E-state index in [9.17, 15) is 19.2 Å². The highest BCUT2D eigenvalue weighted by Crippen LogP contribution is 1.97. The Morgan fingerprint density at radius 3 is 2.22 bits per heavy atom. The Hall–Kier alpha value is -2.85. The fourth-order valence-corrected chi connectivity index (χ4v) is 1.48. The molecule has 0 heterocycles. The van der Waals surface area contributed by atoms with Crippen LogP contribution in [0.2, 0.25) is 0 Å². The minimum absolute atomic E-state index is 0.00118. The molecule has 0 aliphatic heterocycles. The van der Waals surface area contributed by atoms with Crippen molar-refractivity contribution in [3.05, 3.63) is 0 Å². The molecule has 0 saturated carbocycles. The van der Waals surface area contributed by atoms with Gasteiger partial charge in [-0.3, -0.25) is 19.4 Å². The van der Waals surface area contributed by atoms with Crippen LogP contribution in [-0.2, 0) is 19.2 Å². The Bertz CT molecular complexity index is 475. The van der Waals surface area contributed by atoms with Crippen LogP contribution in [0, 0.1) is 0 Å². The highest BCUT2D eigenvalue weighted by atomic mass is 16.4. The van der Waals surface area contributed by atoms with Crippen molar-refractivity contribution in [3.63, 3.8) is 0 Å². The van der Waals surface area contributed by atoms with Crippen molar-refractivity contribution in [1.29, 1.82) is 0 Å². The summed E-state index contributed by atoms with van der Waals surface area (Å²) in [5.41, 5.74) is 10.2. The van der Waals surface area contributed by atoms with E-state index in [2.05, 4.69) is 15.6 Å². The van der Waals surface area contributed by atoms with Gasteiger partial charge in [-0.2, -0.15) is 0 Å². The third-order valence-corrected chi connectivity index (χ3v) is 2.54. The van der Waals surface area contributed by atoms with Crippen LogP contribution in [0.15, 0.2) is 4.99 Å². The molecule has 0 aromatic heterocycles. The Morgan fingerprint density at radius 1 is 1.04 bits per heavy atom. The molecule has 0 aromatic carbocycles. The van der Waals surface area contributed by atoms with E-state index >= 15 is 0 Å². The molecular weight excluding hydrogens is 310 g/mol. The van der Waals surface area contributed by atoms with Gasteiger partial charge in [0, 0.05) is 19.5 Å². The quantitative estimate of drug-likeness (QED) is 0.137. The lowest BCUT2D eigenvalue weighted by Gasteiger charge is -2.14. The summed E-state index contributed by atoms with van der Waals surface area (Å²) >= 11 is 0. The molecule has 0 saturated heterocycles. The van der Waals surface area contributed by atoms with Crippen molar-refractivity contribution in [1.82, 2.24) is 10.6 Å². The Morgan fingerprint density at radius 2 is 1.70 bits per heavy atom. The van der Waals surface area contributed by atoms with Gasteiger partial charge >= 0.3 is 11.9 Å². The smallest absolute Gasteiger partial charge is 0.326 e. The fraction of sp³-hybridized carbons (Fsp3) is 0.583. The summed E-state index contributed by atoms with van der Waals surface area (Å²) in [6.45, 7) is 0.107. The number of guanidine groups is 1. The first kappa shape index (κ1) is 20.1. The maximum Gasteiger partial charge on any atom is 0.326 e. The predicted octanol–water partition coefficient (Wildman–Crippen LogP) is -2.41. The molecule has 0 fully saturated rings. The highest BCUT2D eigenvalue weighted by Gasteiger charge is 2.22. The van der Waals surface area contributed by atoms with Crippen molar-refractivity contribution in [2.24, 2.45) is 16.5 Å². The van der Waals surface area contributed by atoms with E-state index in [1.54, 1.807) is 0 Å². The van der Waals surface area contributed by atoms with Gasteiger partial charge in [0.05, 0.1) is 12.8 Å². The maximum absolute atomic E-state index is 11.6. The molecule has 8 N–H and O–H groups in total. The number of nitrogens with zero attached hydrogens (tertiary/aromatic N) is 1. The number of hydrogen-bond acceptors (Lipinski definition) is 5. The largest absolute Gasteiger partial charge is 0.481 e. The van der Waals surface area contributed by atoms with Crippen molar-refractivity contribution in [3.8, 4) is 0 Å². The Balaban J connectivity index is 4.22. The van der Waals surface area contributed by atoms with Crippen LogP contribution in [0.4, 0.5) is 0 Å². The van der Waals surface area contributed by atoms with Crippen molar-refractivity contribution >= 4 is 29.7 Å². The van der Waals surface area contributed by atoms with E-state index < -0.39 is 36.2 Å². The fourth-order valence-electron chi connectivity index (χ4n) is 1.48. The Kier molecular flexibility index (Phi) is 9.48. The third kappa shape index (κ3) is 11.5. The van der Waals surface area contributed by atoms with Gasteiger partial charge in [0.15, 0.2) is 5.96 Å². The number of aliphatic carboxylic acids is 2. The second-order valence-corrected chi connectivity index (χ2v) is 4.57. The molecule has 0 radical (unpaired) electrons. The average molecular weight is 331 g/mol. The molecule has 11 heteroatoms. The summed E-state index contributed by atoms with van der Waals surface area (Å²) in [5, 5.41) is 21.9. The van der Waals surface area contributed by atoms with Gasteiger partial charge in [-0.05, 0) is 6.42 Å². The van der Waals surface area contributed by atoms with Crippen LogP contribution in [0.1, 0.15) is 25.7 Å². The molecule has 0 aromatic rings. The number of carboxylic acids is 2. The molecule has 11 nitrogen and oxygen atoms in total. The van der Waals surface area contributed by atoms with Crippen LogP contribution in [0.3, 0.4) is 0 Å². The number of nitrogens with two attached hydrogens (primary N) is 2. The second-order valence-electron chi connectivity index (χ2n) is 4.57. The standard InChI is InChI=1S/C12H21N5O6/c13-12(14)16-4-1-2-8(18)17-7(11(22)23)6-9(19)15-5-3-10(20)21/h7H,1-6H2,(H,15,19)(H,17,18)(H,20,21)(H,22,23)(H4,13,14,16). The normalized spacial score (nSPS) is 11.1. The van der Waals surface area contributed by atoms with Gasteiger partial charge in [-0.15, -0.1) is 0 Å². The molecule has 0 bridgehead atoms. The monoisotopic (exact) mass is 331 g/mol. The summed E-state index contributed by atoms with van der Waals surface area (Å²) in [6.07, 6.45) is -0.447. The highest BCUT2D eigenvalue weighted by molar-refractivity contribution is 5.88. The van der Waals surface area contributed by atoms with E-state index in [0.29, 0.717) is 6.42 Å². The number of nitrogens with one attached hydrogen (secondary N) is 2. The minimum Gasteiger partial charge on any atom is -0.481 e. The zero-order valence-corrected chi connectivity index (χ0v) is 12.4. The first-order valence-corrected chi connectivity index (χ1v) is 6.78. The first-order chi connectivity index (χ1) is 10.7. The third-order valence-electron chi connectivity index (χ3n) is 2.54. The molecule has 0 aliphatic rings. The minimum atomic E-state index is -1.39. The lowest BCUT2D eigenvalue weighted by molar-refractivity contribution is -0.143. The number of rotatable bonds is 11. The lowest BCUT2D eigenvalue weighted by Crippen LogP contribution is -2.44. The number of carbonyl (C=O) groups is 4. The van der Waals surface area contributed by atoms with E-state index in [4.69, 9.17) is 21.7 Å². The van der Waals surface area contributed by atoms with Gasteiger partial charge in [0.1, 0.15) is 6.04 Å². The van der Waals surface area contributed by atoms with Crippen LogP contribution < -0.4 is 22.1 Å². The number of carbonyl (C=O) groups excluding carboxylic acids is 2. The molecule has 0 spiro atoms. The van der Waals surface area contributed by atoms with E-state index in [1.807, 2.05) is 0 Å². The van der Waals surface area contributed by atoms with Gasteiger partial charge in [0.25, 0.3) is 0 Å². The second kappa shape index (κ2) is 10.8. The number of hydrogen-bond donors (Lipinski definition) is 6. The molecule has 1 atom stereocenters. The van der Waals surface area contributed by atoms with Gasteiger partial charge in [-0.25, -0.2) is 4.79 Å². The topological polar surface area (TPSA) is 197 Å². The number of aliphatic imine (C=N–C) groups is 1. The first-order valence-electron chi connectivity index (χ1n) is 6.78. The van der Waals surface area contributed by atoms with Gasteiger partial charge in [0.2, 0.25) is 11.8 Å². The van der Waals surface area contributed by atoms with Gasteiger partial charge in [-0.1, -0.05) is 0 Å². The summed E-state index contributed by atoms with van der Waals surface area (Å²) in [7, 11) is 0. The molecule has 2 amide bonds. The Labute approximate surface area is 132 Å². The summed E-state index contributed by atoms with van der Waals surface area (Å²) in [5.74, 6) is -3.78. The summed E-state index contributed by atoms with van der Waals surface area (Å²) in [6, 6.07) is -1.39. The van der Waals surface area contributed by atoms with E-state index in [1.165, 1.54) is 0 Å². The van der Waals surface area contributed by atoms with Gasteiger partial charge < -0.3 is 32.3 Å². The lowest BCUT2D eigenvalue weighted by atomic mass is 10.2. The average Bonchev–Trinajstić information content (AvgIpc) is 2.42. The number of amides is 2.